The van der Waals surface area contributed by atoms with E-state index < -0.39 is 29.4 Å². The molecular weight excluding hydrogens is 451 g/mol. The molecule has 0 aliphatic carbocycles. The van der Waals surface area contributed by atoms with E-state index in [1.807, 2.05) is 4.90 Å². The minimum Gasteiger partial charge on any atom is -0.462 e. The van der Waals surface area contributed by atoms with Crippen molar-refractivity contribution in [3.8, 4) is 0 Å². The van der Waals surface area contributed by atoms with Gasteiger partial charge in [-0.15, -0.1) is 0 Å². The summed E-state index contributed by atoms with van der Waals surface area (Å²) >= 11 is 0. The van der Waals surface area contributed by atoms with Gasteiger partial charge in [-0.3, -0.25) is 4.90 Å². The van der Waals surface area contributed by atoms with Gasteiger partial charge in [0, 0.05) is 31.7 Å². The predicted octanol–water partition coefficient (Wildman–Crippen LogP) is 4.94. The van der Waals surface area contributed by atoms with Crippen LogP contribution in [0.2, 0.25) is 0 Å². The number of ether oxygens (including phenoxy) is 2. The molecule has 1 aliphatic rings. The molecule has 1 aromatic rings. The Balaban J connectivity index is 2.38. The third-order valence-electron chi connectivity index (χ3n) is 5.62. The molecule has 1 atom stereocenters. The van der Waals surface area contributed by atoms with E-state index >= 15 is 0 Å². The second-order valence-electron chi connectivity index (χ2n) is 9.32. The van der Waals surface area contributed by atoms with Gasteiger partial charge in [-0.1, -0.05) is 12.7 Å². The summed E-state index contributed by atoms with van der Waals surface area (Å²) < 4.78 is 52.4. The van der Waals surface area contributed by atoms with Crippen LogP contribution < -0.4 is 5.73 Å². The lowest BCUT2D eigenvalue weighted by Crippen LogP contribution is -2.49. The molecule has 1 heterocycles. The number of carbonyl (C=O) groups is 2. The van der Waals surface area contributed by atoms with Crippen LogP contribution in [0.25, 0.3) is 6.08 Å². The number of nitrogen functional groups attached to an aromatic ring is 1. The Hall–Kier alpha value is -2.75. The molecule has 0 spiro atoms. The van der Waals surface area contributed by atoms with E-state index in [9.17, 15) is 22.8 Å². The first-order chi connectivity index (χ1) is 15.7. The average molecular weight is 486 g/mol. The van der Waals surface area contributed by atoms with Crippen molar-refractivity contribution in [1.29, 1.82) is 0 Å². The number of anilines is 1. The Morgan fingerprint density at radius 1 is 1.32 bits per heavy atom. The number of halogens is 3. The van der Waals surface area contributed by atoms with E-state index in [1.165, 1.54) is 11.0 Å². The summed E-state index contributed by atoms with van der Waals surface area (Å²) in [7, 11) is 1.63. The van der Waals surface area contributed by atoms with Crippen molar-refractivity contribution in [3.05, 3.63) is 34.9 Å². The SMILES string of the molecule is C=Cc1c(N)c(C(=O)OCC)cc(C(F)(F)F)c1CN1CCCC(N(C)C(=O)OC(C)(C)C)C1. The lowest BCUT2D eigenvalue weighted by Gasteiger charge is -2.38. The predicted molar refractivity (Wildman–Crippen MR) is 124 cm³/mol. The maximum Gasteiger partial charge on any atom is 0.416 e. The molecule has 1 unspecified atom stereocenters. The van der Waals surface area contributed by atoms with Crippen molar-refractivity contribution in [2.45, 2.75) is 64.9 Å². The highest BCUT2D eigenvalue weighted by Gasteiger charge is 2.38. The Morgan fingerprint density at radius 2 is 1.97 bits per heavy atom. The monoisotopic (exact) mass is 485 g/mol. The number of nitrogens with zero attached hydrogens (tertiary/aromatic N) is 2. The van der Waals surface area contributed by atoms with Gasteiger partial charge in [-0.2, -0.15) is 13.2 Å². The highest BCUT2D eigenvalue weighted by atomic mass is 19.4. The molecule has 1 fully saturated rings. The number of rotatable bonds is 6. The third-order valence-corrected chi connectivity index (χ3v) is 5.62. The van der Waals surface area contributed by atoms with Crippen LogP contribution in [-0.4, -0.2) is 60.2 Å². The summed E-state index contributed by atoms with van der Waals surface area (Å²) in [6.07, 6.45) is -2.57. The number of hydrogen-bond donors (Lipinski definition) is 1. The molecule has 7 nitrogen and oxygen atoms in total. The first-order valence-electron chi connectivity index (χ1n) is 11.2. The van der Waals surface area contributed by atoms with Crippen LogP contribution in [-0.2, 0) is 22.2 Å². The summed E-state index contributed by atoms with van der Waals surface area (Å²) in [5.74, 6) is -0.919. The Kier molecular flexibility index (Phi) is 8.63. The van der Waals surface area contributed by atoms with Crippen LogP contribution >= 0.6 is 0 Å². The second-order valence-corrected chi connectivity index (χ2v) is 9.32. The number of benzene rings is 1. The summed E-state index contributed by atoms with van der Waals surface area (Å²) in [5, 5.41) is 0. The molecule has 1 saturated heterocycles. The lowest BCUT2D eigenvalue weighted by molar-refractivity contribution is -0.138. The summed E-state index contributed by atoms with van der Waals surface area (Å²) in [6.45, 7) is 11.3. The maximum absolute atomic E-state index is 14.0. The van der Waals surface area contributed by atoms with Crippen molar-refractivity contribution in [1.82, 2.24) is 9.80 Å². The van der Waals surface area contributed by atoms with E-state index in [0.29, 0.717) is 25.9 Å². The Bertz CT molecular complexity index is 926. The smallest absolute Gasteiger partial charge is 0.416 e. The lowest BCUT2D eigenvalue weighted by atomic mass is 9.93. The Labute approximate surface area is 198 Å². The highest BCUT2D eigenvalue weighted by Crippen LogP contribution is 2.39. The highest BCUT2D eigenvalue weighted by molar-refractivity contribution is 5.98. The van der Waals surface area contributed by atoms with Crippen molar-refractivity contribution in [2.75, 3.05) is 32.5 Å². The maximum atomic E-state index is 14.0. The van der Waals surface area contributed by atoms with Gasteiger partial charge in [0.15, 0.2) is 0 Å². The van der Waals surface area contributed by atoms with Crippen molar-refractivity contribution in [2.24, 2.45) is 0 Å². The zero-order valence-corrected chi connectivity index (χ0v) is 20.4. The number of nitrogens with two attached hydrogens (primary N) is 1. The number of piperidine rings is 1. The number of alkyl halides is 3. The van der Waals surface area contributed by atoms with Crippen LogP contribution in [0.3, 0.4) is 0 Å². The van der Waals surface area contributed by atoms with Crippen LogP contribution in [0.15, 0.2) is 12.6 Å². The normalized spacial score (nSPS) is 17.2. The molecule has 1 aromatic carbocycles. The average Bonchev–Trinajstić information content (AvgIpc) is 2.71. The first kappa shape index (κ1) is 27.5. The second kappa shape index (κ2) is 10.7. The zero-order chi connectivity index (χ0) is 25.8. The van der Waals surface area contributed by atoms with Gasteiger partial charge < -0.3 is 20.1 Å². The van der Waals surface area contributed by atoms with E-state index in [4.69, 9.17) is 15.2 Å². The minimum atomic E-state index is -4.72. The molecule has 2 N–H and O–H groups in total. The van der Waals surface area contributed by atoms with E-state index in [-0.39, 0.29) is 41.6 Å². The molecule has 0 aromatic heterocycles. The van der Waals surface area contributed by atoms with Gasteiger partial charge >= 0.3 is 18.2 Å². The Morgan fingerprint density at radius 3 is 2.50 bits per heavy atom. The molecular formula is C24H34F3N3O4. The summed E-state index contributed by atoms with van der Waals surface area (Å²) in [6, 6.07) is 0.533. The number of likely N-dealkylation sites (N-methyl/N-ethyl adjacent to an activating group) is 1. The summed E-state index contributed by atoms with van der Waals surface area (Å²) in [4.78, 5) is 28.0. The van der Waals surface area contributed by atoms with Gasteiger partial charge in [0.25, 0.3) is 0 Å². The van der Waals surface area contributed by atoms with E-state index in [0.717, 1.165) is 6.07 Å². The van der Waals surface area contributed by atoms with Gasteiger partial charge in [0.05, 0.1) is 23.4 Å². The first-order valence-corrected chi connectivity index (χ1v) is 11.2. The van der Waals surface area contributed by atoms with Crippen LogP contribution in [0.5, 0.6) is 0 Å². The van der Waals surface area contributed by atoms with Crippen LogP contribution in [0.1, 0.15) is 67.6 Å². The number of likely N-dealkylation sites (tertiary alicyclic amines) is 1. The molecule has 1 amide bonds. The fraction of sp³-hybridized carbons (Fsp3) is 0.583. The number of amides is 1. The van der Waals surface area contributed by atoms with Gasteiger partial charge in [-0.25, -0.2) is 9.59 Å². The molecule has 1 aliphatic heterocycles. The molecule has 34 heavy (non-hydrogen) atoms. The standard InChI is InChI=1S/C24H34F3N3O4/c1-7-16-18(19(24(25,26)27)12-17(20(16)28)21(31)33-8-2)14-30-11-9-10-15(13-30)29(6)22(32)34-23(3,4)5/h7,12,15H,1,8-11,13-14,28H2,2-6H3. The molecule has 10 heteroatoms. The molecule has 0 radical (unpaired) electrons. The van der Waals surface area contributed by atoms with Gasteiger partial charge in [-0.05, 0) is 58.7 Å². The molecule has 0 saturated carbocycles. The number of esters is 1. The number of hydrogen-bond acceptors (Lipinski definition) is 6. The van der Waals surface area contributed by atoms with E-state index in [1.54, 1.807) is 34.7 Å². The fourth-order valence-electron chi connectivity index (χ4n) is 3.99. The quantitative estimate of drug-likeness (QED) is 0.454. The topological polar surface area (TPSA) is 85.1 Å². The van der Waals surface area contributed by atoms with Crippen LogP contribution in [0.4, 0.5) is 23.7 Å². The van der Waals surface area contributed by atoms with E-state index in [2.05, 4.69) is 6.58 Å². The molecule has 0 bridgehead atoms. The van der Waals surface area contributed by atoms with Gasteiger partial charge in [0.2, 0.25) is 0 Å². The van der Waals surface area contributed by atoms with Crippen molar-refractivity contribution >= 4 is 23.8 Å². The third kappa shape index (κ3) is 6.65. The minimum absolute atomic E-state index is 0.00509. The molecule has 2 rings (SSSR count). The van der Waals surface area contributed by atoms with Crippen molar-refractivity contribution < 1.29 is 32.2 Å². The van der Waals surface area contributed by atoms with Crippen molar-refractivity contribution in [3.63, 3.8) is 0 Å². The number of carbonyl (C=O) groups excluding carboxylic acids is 2. The summed E-state index contributed by atoms with van der Waals surface area (Å²) in [5.41, 5.74) is 4.03. The fourth-order valence-corrected chi connectivity index (χ4v) is 3.99. The molecule has 190 valence electrons. The largest absolute Gasteiger partial charge is 0.462 e. The zero-order valence-electron chi connectivity index (χ0n) is 20.4. The van der Waals surface area contributed by atoms with Gasteiger partial charge in [0.1, 0.15) is 5.60 Å². The van der Waals surface area contributed by atoms with Crippen LogP contribution in [0, 0.1) is 0 Å².